The highest BCUT2D eigenvalue weighted by atomic mass is 32.2. The molecule has 0 aromatic heterocycles. The molecule has 2 N–H and O–H groups in total. The molecular formula is C27H41N3O7S. The molecule has 4 unspecified atom stereocenters. The molecule has 38 heavy (non-hydrogen) atoms. The number of methoxy groups -OCH3 is 1. The van der Waals surface area contributed by atoms with E-state index in [0.29, 0.717) is 18.5 Å². The summed E-state index contributed by atoms with van der Waals surface area (Å²) in [6, 6.07) is 7.81. The summed E-state index contributed by atoms with van der Waals surface area (Å²) in [6.45, 7) is 9.02. The molecule has 0 heterocycles. The maximum absolute atomic E-state index is 13.6. The van der Waals surface area contributed by atoms with Crippen LogP contribution in [0.15, 0.2) is 29.2 Å². The average molecular weight is 552 g/mol. The minimum absolute atomic E-state index is 0.00824. The minimum Gasteiger partial charge on any atom is -0.469 e. The number of esters is 2. The number of sulfonamides is 1. The fraction of sp³-hybridized carbons (Fsp3) is 0.630. The molecule has 0 aliphatic heterocycles. The van der Waals surface area contributed by atoms with Crippen molar-refractivity contribution in [3.05, 3.63) is 24.3 Å². The quantitative estimate of drug-likeness (QED) is 0.310. The molecule has 0 fully saturated rings. The van der Waals surface area contributed by atoms with Crippen LogP contribution in [-0.2, 0) is 33.9 Å². The Hall–Kier alpha value is -2.97. The van der Waals surface area contributed by atoms with Gasteiger partial charge in [0.05, 0.1) is 36.0 Å². The molecular weight excluding hydrogens is 510 g/mol. The van der Waals surface area contributed by atoms with E-state index in [4.69, 9.17) is 9.47 Å². The Morgan fingerprint density at radius 2 is 1.68 bits per heavy atom. The SMILES string of the molecule is CCCOC(=O)C(CC)CC(C)(CC(C)(CC(C)C#N)C(=O)Nc1ccc(S(=O)(=O)NC)cc1)C(=O)OC. The van der Waals surface area contributed by atoms with Crippen LogP contribution in [0.2, 0.25) is 0 Å². The van der Waals surface area contributed by atoms with Crippen LogP contribution in [0.4, 0.5) is 5.69 Å². The Labute approximate surface area is 226 Å². The maximum Gasteiger partial charge on any atom is 0.311 e. The molecule has 1 aromatic carbocycles. The van der Waals surface area contributed by atoms with Gasteiger partial charge in [-0.15, -0.1) is 0 Å². The number of hydrogen-bond donors (Lipinski definition) is 2. The second-order valence-corrected chi connectivity index (χ2v) is 12.1. The molecule has 0 saturated heterocycles. The lowest BCUT2D eigenvalue weighted by Gasteiger charge is -2.38. The number of rotatable bonds is 15. The minimum atomic E-state index is -3.64. The van der Waals surface area contributed by atoms with Crippen molar-refractivity contribution in [2.45, 2.75) is 71.6 Å². The number of nitriles is 1. The van der Waals surface area contributed by atoms with E-state index in [1.807, 2.05) is 13.8 Å². The van der Waals surface area contributed by atoms with Gasteiger partial charge in [0.15, 0.2) is 0 Å². The van der Waals surface area contributed by atoms with Crippen LogP contribution >= 0.6 is 0 Å². The van der Waals surface area contributed by atoms with Gasteiger partial charge >= 0.3 is 11.9 Å². The van der Waals surface area contributed by atoms with E-state index >= 15 is 0 Å². The summed E-state index contributed by atoms with van der Waals surface area (Å²) in [5.41, 5.74) is -2.08. The number of nitrogens with zero attached hydrogens (tertiary/aromatic N) is 1. The number of amides is 1. The van der Waals surface area contributed by atoms with Gasteiger partial charge in [-0.1, -0.05) is 20.8 Å². The summed E-state index contributed by atoms with van der Waals surface area (Å²) in [6.07, 6.45) is 1.37. The summed E-state index contributed by atoms with van der Waals surface area (Å²) in [4.78, 5) is 39.4. The Morgan fingerprint density at radius 3 is 2.16 bits per heavy atom. The second-order valence-electron chi connectivity index (χ2n) is 10.2. The zero-order valence-corrected chi connectivity index (χ0v) is 24.2. The first-order chi connectivity index (χ1) is 17.7. The molecule has 4 atom stereocenters. The van der Waals surface area contributed by atoms with E-state index < -0.39 is 50.5 Å². The highest BCUT2D eigenvalue weighted by molar-refractivity contribution is 7.89. The summed E-state index contributed by atoms with van der Waals surface area (Å²) in [5.74, 6) is -2.50. The summed E-state index contributed by atoms with van der Waals surface area (Å²) < 4.78 is 36.7. The molecule has 11 heteroatoms. The van der Waals surface area contributed by atoms with Crippen molar-refractivity contribution in [2.24, 2.45) is 22.7 Å². The third kappa shape index (κ3) is 8.81. The zero-order chi connectivity index (χ0) is 29.1. The predicted octanol–water partition coefficient (Wildman–Crippen LogP) is 4.03. The molecule has 0 spiro atoms. The van der Waals surface area contributed by atoms with Crippen molar-refractivity contribution >= 4 is 33.6 Å². The fourth-order valence-corrected chi connectivity index (χ4v) is 5.41. The number of hydrogen-bond acceptors (Lipinski definition) is 8. The lowest BCUT2D eigenvalue weighted by Crippen LogP contribution is -2.44. The van der Waals surface area contributed by atoms with Gasteiger partial charge in [0.1, 0.15) is 0 Å². The highest BCUT2D eigenvalue weighted by Gasteiger charge is 2.47. The first kappa shape index (κ1) is 33.1. The molecule has 10 nitrogen and oxygen atoms in total. The van der Waals surface area contributed by atoms with E-state index in [1.54, 1.807) is 20.8 Å². The monoisotopic (exact) mass is 551 g/mol. The van der Waals surface area contributed by atoms with Gasteiger partial charge in [-0.25, -0.2) is 13.1 Å². The largest absolute Gasteiger partial charge is 0.469 e. The van der Waals surface area contributed by atoms with Gasteiger partial charge in [0, 0.05) is 17.0 Å². The molecule has 0 radical (unpaired) electrons. The van der Waals surface area contributed by atoms with E-state index in [0.717, 1.165) is 0 Å². The fourth-order valence-electron chi connectivity index (χ4n) is 4.68. The van der Waals surface area contributed by atoms with Crippen molar-refractivity contribution in [3.8, 4) is 6.07 Å². The van der Waals surface area contributed by atoms with Crippen LogP contribution in [0.25, 0.3) is 0 Å². The van der Waals surface area contributed by atoms with Crippen molar-refractivity contribution < 1.29 is 32.3 Å². The van der Waals surface area contributed by atoms with Crippen molar-refractivity contribution in [1.29, 1.82) is 5.26 Å². The third-order valence-electron chi connectivity index (χ3n) is 6.65. The topological polar surface area (TPSA) is 152 Å². The number of anilines is 1. The number of carbonyl (C=O) groups is 3. The van der Waals surface area contributed by atoms with Crippen molar-refractivity contribution in [3.63, 3.8) is 0 Å². The smallest absolute Gasteiger partial charge is 0.311 e. The van der Waals surface area contributed by atoms with Gasteiger partial charge in [-0.05, 0) is 77.3 Å². The van der Waals surface area contributed by atoms with Crippen LogP contribution in [0.3, 0.4) is 0 Å². The number of benzene rings is 1. The van der Waals surface area contributed by atoms with Gasteiger partial charge < -0.3 is 14.8 Å². The van der Waals surface area contributed by atoms with Gasteiger partial charge in [0.2, 0.25) is 15.9 Å². The second kappa shape index (κ2) is 14.3. The lowest BCUT2D eigenvalue weighted by atomic mass is 9.65. The van der Waals surface area contributed by atoms with Crippen molar-refractivity contribution in [1.82, 2.24) is 4.72 Å². The normalized spacial score (nSPS) is 16.2. The molecule has 0 aliphatic carbocycles. The van der Waals surface area contributed by atoms with E-state index in [-0.39, 0.29) is 30.8 Å². The maximum atomic E-state index is 13.6. The molecule has 0 bridgehead atoms. The summed E-state index contributed by atoms with van der Waals surface area (Å²) in [7, 11) is -1.08. The van der Waals surface area contributed by atoms with Crippen LogP contribution in [0.1, 0.15) is 66.7 Å². The van der Waals surface area contributed by atoms with Crippen LogP contribution < -0.4 is 10.0 Å². The van der Waals surface area contributed by atoms with E-state index in [2.05, 4.69) is 16.1 Å². The van der Waals surface area contributed by atoms with Crippen LogP contribution in [0, 0.1) is 34.0 Å². The molecule has 212 valence electrons. The van der Waals surface area contributed by atoms with Crippen LogP contribution in [-0.4, -0.2) is 47.0 Å². The Morgan fingerprint density at radius 1 is 1.08 bits per heavy atom. The number of nitrogens with one attached hydrogen (secondary N) is 2. The molecule has 1 amide bonds. The highest BCUT2D eigenvalue weighted by Crippen LogP contribution is 2.44. The Bertz CT molecular complexity index is 1110. The summed E-state index contributed by atoms with van der Waals surface area (Å²) >= 11 is 0. The number of ether oxygens (including phenoxy) is 2. The van der Waals surface area contributed by atoms with Gasteiger partial charge in [-0.2, -0.15) is 5.26 Å². The van der Waals surface area contributed by atoms with E-state index in [9.17, 15) is 28.1 Å². The first-order valence-corrected chi connectivity index (χ1v) is 14.2. The molecule has 0 saturated carbocycles. The molecule has 1 aromatic rings. The predicted molar refractivity (Wildman–Crippen MR) is 143 cm³/mol. The zero-order valence-electron chi connectivity index (χ0n) is 23.4. The van der Waals surface area contributed by atoms with Crippen LogP contribution in [0.5, 0.6) is 0 Å². The van der Waals surface area contributed by atoms with E-state index in [1.165, 1.54) is 38.4 Å². The average Bonchev–Trinajstić information content (AvgIpc) is 2.89. The standard InChI is InChI=1S/C27H41N3O7S/c1-8-14-37-23(31)20(9-2)16-27(5,25(33)36-7)18-26(4,15-19(3)17-28)24(32)30-21-10-12-22(13-11-21)38(34,35)29-6/h10-13,19-20,29H,8-9,14-16,18H2,1-7H3,(H,30,32). The molecule has 1 rings (SSSR count). The van der Waals surface area contributed by atoms with Gasteiger partial charge in [-0.3, -0.25) is 14.4 Å². The Kier molecular flexibility index (Phi) is 12.4. The number of carbonyl (C=O) groups excluding carboxylic acids is 3. The van der Waals surface area contributed by atoms with Crippen molar-refractivity contribution in [2.75, 3.05) is 26.1 Å². The Balaban J connectivity index is 3.36. The summed E-state index contributed by atoms with van der Waals surface area (Å²) in [5, 5.41) is 12.3. The molecule has 0 aliphatic rings. The van der Waals surface area contributed by atoms with Gasteiger partial charge in [0.25, 0.3) is 0 Å². The lowest BCUT2D eigenvalue weighted by molar-refractivity contribution is -0.159. The first-order valence-electron chi connectivity index (χ1n) is 12.7. The third-order valence-corrected chi connectivity index (χ3v) is 8.08.